The van der Waals surface area contributed by atoms with Crippen LogP contribution < -0.4 is 0 Å². The molecule has 0 atom stereocenters. The Bertz CT molecular complexity index is 395. The van der Waals surface area contributed by atoms with E-state index >= 15 is 0 Å². The van der Waals surface area contributed by atoms with Crippen LogP contribution >= 0.6 is 0 Å². The van der Waals surface area contributed by atoms with Crippen LogP contribution in [0.25, 0.3) is 0 Å². The number of carbonyl (C=O) groups excluding carboxylic acids is 4. The van der Waals surface area contributed by atoms with E-state index in [1.54, 1.807) is 0 Å². The van der Waals surface area contributed by atoms with Crippen LogP contribution in [0, 0.1) is 5.41 Å². The molecule has 0 saturated heterocycles. The third-order valence-corrected chi connectivity index (χ3v) is 2.43. The van der Waals surface area contributed by atoms with E-state index in [9.17, 15) is 19.2 Å². The Balaban J connectivity index is 5.10. The number of hydrogen-bond acceptors (Lipinski definition) is 8. The maximum Gasteiger partial charge on any atom is 0.330 e. The molecule has 22 heavy (non-hydrogen) atoms. The van der Waals surface area contributed by atoms with E-state index in [0.717, 1.165) is 6.08 Å². The molecule has 0 aliphatic heterocycles. The summed E-state index contributed by atoms with van der Waals surface area (Å²) in [4.78, 5) is 44.2. The minimum Gasteiger partial charge on any atom is -0.465 e. The molecule has 124 valence electrons. The van der Waals surface area contributed by atoms with Gasteiger partial charge in [0.25, 0.3) is 0 Å². The lowest BCUT2D eigenvalue weighted by Gasteiger charge is -2.30. The van der Waals surface area contributed by atoms with Crippen molar-refractivity contribution in [1.82, 2.24) is 0 Å². The molecule has 0 unspecified atom stereocenters. The quantitative estimate of drug-likeness (QED) is 0.342. The molecular weight excluding hydrogens is 296 g/mol. The van der Waals surface area contributed by atoms with Gasteiger partial charge in [-0.15, -0.1) is 0 Å². The summed E-state index contributed by atoms with van der Waals surface area (Å²) in [5.41, 5.74) is -1.19. The second-order valence-electron chi connectivity index (χ2n) is 4.65. The predicted molar refractivity (Wildman–Crippen MR) is 73.5 cm³/mol. The molecule has 0 aromatic carbocycles. The highest BCUT2D eigenvalue weighted by Gasteiger charge is 2.37. The van der Waals surface area contributed by atoms with Crippen molar-refractivity contribution in [3.05, 3.63) is 12.7 Å². The third-order valence-electron chi connectivity index (χ3n) is 2.43. The maximum atomic E-state index is 11.2. The summed E-state index contributed by atoms with van der Waals surface area (Å²) in [5.74, 6) is -2.45. The molecule has 0 amide bonds. The number of carbonyl (C=O) groups is 4. The topological polar surface area (TPSA) is 105 Å². The van der Waals surface area contributed by atoms with Gasteiger partial charge in [-0.1, -0.05) is 6.58 Å². The number of ether oxygens (including phenoxy) is 4. The van der Waals surface area contributed by atoms with Crippen LogP contribution in [0.15, 0.2) is 12.7 Å². The highest BCUT2D eigenvalue weighted by molar-refractivity contribution is 5.81. The van der Waals surface area contributed by atoms with Crippen LogP contribution in [0.2, 0.25) is 0 Å². The largest absolute Gasteiger partial charge is 0.465 e. The van der Waals surface area contributed by atoms with Gasteiger partial charge in [0.05, 0.1) is 0 Å². The van der Waals surface area contributed by atoms with E-state index in [-0.39, 0.29) is 26.4 Å². The summed E-state index contributed by atoms with van der Waals surface area (Å²) in [6.07, 6.45) is 0.953. The van der Waals surface area contributed by atoms with Gasteiger partial charge in [-0.05, 0) is 0 Å². The molecule has 0 heterocycles. The summed E-state index contributed by atoms with van der Waals surface area (Å²) < 4.78 is 19.6. The van der Waals surface area contributed by atoms with E-state index in [0.29, 0.717) is 0 Å². The van der Waals surface area contributed by atoms with Gasteiger partial charge in [0.15, 0.2) is 0 Å². The molecule has 0 saturated carbocycles. The van der Waals surface area contributed by atoms with Crippen molar-refractivity contribution < 1.29 is 38.1 Å². The van der Waals surface area contributed by atoms with Gasteiger partial charge in [-0.3, -0.25) is 14.4 Å². The van der Waals surface area contributed by atoms with Gasteiger partial charge in [0, 0.05) is 26.8 Å². The fourth-order valence-electron chi connectivity index (χ4n) is 1.30. The Kier molecular flexibility index (Phi) is 8.51. The Labute approximate surface area is 128 Å². The van der Waals surface area contributed by atoms with E-state index in [1.165, 1.54) is 20.8 Å². The third kappa shape index (κ3) is 8.72. The summed E-state index contributed by atoms with van der Waals surface area (Å²) in [6, 6.07) is 0. The molecule has 0 aliphatic carbocycles. The lowest BCUT2D eigenvalue weighted by molar-refractivity contribution is -0.166. The van der Waals surface area contributed by atoms with Crippen LogP contribution in [0.5, 0.6) is 0 Å². The second kappa shape index (κ2) is 9.54. The first kappa shape index (κ1) is 19.6. The van der Waals surface area contributed by atoms with Gasteiger partial charge in [-0.2, -0.15) is 0 Å². The summed E-state index contributed by atoms with van der Waals surface area (Å²) in [6.45, 7) is 5.78. The van der Waals surface area contributed by atoms with Crippen molar-refractivity contribution in [2.45, 2.75) is 20.8 Å². The van der Waals surface area contributed by atoms with E-state index in [4.69, 9.17) is 18.9 Å². The average molecular weight is 316 g/mol. The minimum absolute atomic E-state index is 0.257. The van der Waals surface area contributed by atoms with Crippen molar-refractivity contribution in [3.63, 3.8) is 0 Å². The second-order valence-corrected chi connectivity index (χ2v) is 4.65. The monoisotopic (exact) mass is 316 g/mol. The molecule has 0 radical (unpaired) electrons. The van der Waals surface area contributed by atoms with Gasteiger partial charge in [0.2, 0.25) is 0 Å². The number of hydrogen-bond donors (Lipinski definition) is 0. The fraction of sp³-hybridized carbons (Fsp3) is 0.571. The molecule has 0 aliphatic rings. The molecule has 0 N–H and O–H groups in total. The van der Waals surface area contributed by atoms with Crippen molar-refractivity contribution in [1.29, 1.82) is 0 Å². The van der Waals surface area contributed by atoms with Crippen molar-refractivity contribution >= 4 is 23.9 Å². The SMILES string of the molecule is C=CC(=O)OCC(COC(C)=O)(COC(C)=O)COC(C)=O. The molecule has 0 rings (SSSR count). The standard InChI is InChI=1S/C14H20O8/c1-5-13(18)22-9-14(6-19-10(2)15,7-20-11(3)16)8-21-12(4)17/h5H,1,6-9H2,2-4H3. The average Bonchev–Trinajstić information content (AvgIpc) is 2.45. The first-order chi connectivity index (χ1) is 10.2. The van der Waals surface area contributed by atoms with Crippen LogP contribution in [0.3, 0.4) is 0 Å². The molecule has 8 heteroatoms. The van der Waals surface area contributed by atoms with E-state index in [2.05, 4.69) is 6.58 Å². The van der Waals surface area contributed by atoms with Crippen LogP contribution in [-0.2, 0) is 38.1 Å². The first-order valence-electron chi connectivity index (χ1n) is 6.40. The van der Waals surface area contributed by atoms with Gasteiger partial charge >= 0.3 is 23.9 Å². The van der Waals surface area contributed by atoms with Gasteiger partial charge < -0.3 is 18.9 Å². The van der Waals surface area contributed by atoms with Crippen molar-refractivity contribution in [3.8, 4) is 0 Å². The highest BCUT2D eigenvalue weighted by Crippen LogP contribution is 2.21. The smallest absolute Gasteiger partial charge is 0.330 e. The van der Waals surface area contributed by atoms with Gasteiger partial charge in [-0.25, -0.2) is 4.79 Å². The Morgan fingerprint density at radius 2 is 1.09 bits per heavy atom. The normalized spacial score (nSPS) is 10.3. The van der Waals surface area contributed by atoms with Crippen molar-refractivity contribution in [2.75, 3.05) is 26.4 Å². The molecule has 0 aromatic rings. The fourth-order valence-corrected chi connectivity index (χ4v) is 1.30. The first-order valence-corrected chi connectivity index (χ1v) is 6.40. The minimum atomic E-state index is -1.19. The Morgan fingerprint density at radius 1 is 0.773 bits per heavy atom. The predicted octanol–water partition coefficient (Wildman–Crippen LogP) is 0.391. The summed E-state index contributed by atoms with van der Waals surface area (Å²) in [5, 5.41) is 0. The molecule has 0 bridgehead atoms. The van der Waals surface area contributed by atoms with Crippen LogP contribution in [0.1, 0.15) is 20.8 Å². The summed E-state index contributed by atoms with van der Waals surface area (Å²) in [7, 11) is 0. The number of esters is 4. The molecule has 0 spiro atoms. The Hall–Kier alpha value is -2.38. The van der Waals surface area contributed by atoms with Crippen LogP contribution in [0.4, 0.5) is 0 Å². The molecular formula is C14H20O8. The Morgan fingerprint density at radius 3 is 1.36 bits per heavy atom. The zero-order valence-electron chi connectivity index (χ0n) is 12.9. The molecule has 0 fully saturated rings. The highest BCUT2D eigenvalue weighted by atomic mass is 16.6. The van der Waals surface area contributed by atoms with Gasteiger partial charge in [0.1, 0.15) is 31.8 Å². The zero-order valence-corrected chi connectivity index (χ0v) is 12.9. The number of rotatable bonds is 9. The van der Waals surface area contributed by atoms with E-state index in [1.807, 2.05) is 0 Å². The van der Waals surface area contributed by atoms with Crippen molar-refractivity contribution in [2.24, 2.45) is 5.41 Å². The molecule has 8 nitrogen and oxygen atoms in total. The van der Waals surface area contributed by atoms with E-state index < -0.39 is 29.3 Å². The van der Waals surface area contributed by atoms with Crippen LogP contribution in [-0.4, -0.2) is 50.3 Å². The maximum absolute atomic E-state index is 11.2. The summed E-state index contributed by atoms with van der Waals surface area (Å²) >= 11 is 0. The lowest BCUT2D eigenvalue weighted by atomic mass is 9.92. The zero-order chi connectivity index (χ0) is 17.2. The molecule has 0 aromatic heterocycles. The lowest BCUT2D eigenvalue weighted by Crippen LogP contribution is -2.43.